The van der Waals surface area contributed by atoms with E-state index in [1.54, 1.807) is 4.90 Å². The van der Waals surface area contributed by atoms with Gasteiger partial charge in [-0.1, -0.05) is 0 Å². The van der Waals surface area contributed by atoms with Crippen molar-refractivity contribution in [1.82, 2.24) is 15.0 Å². The third-order valence-corrected chi connectivity index (χ3v) is 4.86. The zero-order chi connectivity index (χ0) is 17.3. The van der Waals surface area contributed by atoms with E-state index in [4.69, 9.17) is 5.11 Å². The molecule has 1 aliphatic heterocycles. The Hall–Kier alpha value is -2.23. The molecule has 0 unspecified atom stereocenters. The van der Waals surface area contributed by atoms with Crippen LogP contribution in [0.5, 0.6) is 0 Å². The second kappa shape index (κ2) is 6.34. The van der Waals surface area contributed by atoms with Gasteiger partial charge >= 0.3 is 12.1 Å². The molecule has 0 spiro atoms. The molecule has 0 bridgehead atoms. The minimum atomic E-state index is -4.50. The predicted molar refractivity (Wildman–Crippen MR) is 80.3 cm³/mol. The van der Waals surface area contributed by atoms with E-state index >= 15 is 0 Å². The van der Waals surface area contributed by atoms with Gasteiger partial charge in [0, 0.05) is 30.5 Å². The van der Waals surface area contributed by atoms with Crippen LogP contribution < -0.4 is 4.90 Å². The van der Waals surface area contributed by atoms with E-state index in [1.807, 2.05) is 0 Å². The Kier molecular flexibility index (Phi) is 4.39. The van der Waals surface area contributed by atoms with Crippen molar-refractivity contribution in [2.24, 2.45) is 0 Å². The molecule has 10 heteroatoms. The van der Waals surface area contributed by atoms with E-state index in [0.29, 0.717) is 25.9 Å². The van der Waals surface area contributed by atoms with Gasteiger partial charge in [0.2, 0.25) is 0 Å². The predicted octanol–water partition coefficient (Wildman–Crippen LogP) is 3.03. The van der Waals surface area contributed by atoms with E-state index in [9.17, 15) is 18.0 Å². The molecule has 128 valence electrons. The van der Waals surface area contributed by atoms with Crippen LogP contribution in [0.1, 0.15) is 39.9 Å². The van der Waals surface area contributed by atoms with Crippen molar-refractivity contribution in [2.45, 2.75) is 24.9 Å². The Bertz CT molecular complexity index is 742. The smallest absolute Gasteiger partial charge is 0.433 e. The number of piperidine rings is 1. The van der Waals surface area contributed by atoms with E-state index in [1.165, 1.54) is 16.7 Å². The third-order valence-electron chi connectivity index (χ3n) is 3.85. The van der Waals surface area contributed by atoms with Crippen molar-refractivity contribution in [3.8, 4) is 0 Å². The van der Waals surface area contributed by atoms with Gasteiger partial charge in [0.1, 0.15) is 17.8 Å². The highest BCUT2D eigenvalue weighted by Gasteiger charge is 2.33. The lowest BCUT2D eigenvalue weighted by Gasteiger charge is -2.32. The number of carboxylic acid groups (broad SMARTS) is 1. The zero-order valence-corrected chi connectivity index (χ0v) is 13.1. The molecule has 2 aromatic rings. The van der Waals surface area contributed by atoms with Gasteiger partial charge in [0.15, 0.2) is 5.69 Å². The summed E-state index contributed by atoms with van der Waals surface area (Å²) in [5.74, 6) is -0.694. The first-order valence-corrected chi connectivity index (χ1v) is 8.05. The molecule has 0 radical (unpaired) electrons. The first kappa shape index (κ1) is 16.6. The third kappa shape index (κ3) is 3.48. The van der Waals surface area contributed by atoms with Gasteiger partial charge < -0.3 is 10.0 Å². The summed E-state index contributed by atoms with van der Waals surface area (Å²) in [6.45, 7) is 1.06. The van der Waals surface area contributed by atoms with E-state index in [2.05, 4.69) is 15.0 Å². The second-order valence-corrected chi connectivity index (χ2v) is 6.29. The van der Waals surface area contributed by atoms with Gasteiger partial charge in [-0.25, -0.2) is 19.7 Å². The topological polar surface area (TPSA) is 79.2 Å². The van der Waals surface area contributed by atoms with Crippen molar-refractivity contribution in [3.05, 3.63) is 34.2 Å². The minimum absolute atomic E-state index is 0.0306. The molecule has 1 aliphatic rings. The fourth-order valence-corrected chi connectivity index (χ4v) is 3.57. The maximum Gasteiger partial charge on any atom is 0.433 e. The highest BCUT2D eigenvalue weighted by Crippen LogP contribution is 2.33. The Morgan fingerprint density at radius 1 is 1.29 bits per heavy atom. The normalized spacial score (nSPS) is 16.4. The lowest BCUT2D eigenvalue weighted by atomic mass is 9.97. The van der Waals surface area contributed by atoms with Gasteiger partial charge in [-0.15, -0.1) is 11.3 Å². The average molecular weight is 358 g/mol. The molecule has 24 heavy (non-hydrogen) atoms. The Labute approximate surface area is 139 Å². The Balaban J connectivity index is 1.67. The standard InChI is InChI=1S/C14H13F3N4O2S/c15-14(16,17)10-5-11(19-7-18-10)21-3-1-8(2-4-21)12-20-9(6-24-12)13(22)23/h5-8H,1-4H2,(H,22,23). The average Bonchev–Trinajstić information content (AvgIpc) is 3.05. The molecule has 2 aromatic heterocycles. The van der Waals surface area contributed by atoms with Crippen LogP contribution in [0.25, 0.3) is 0 Å². The molecular formula is C14H13F3N4O2S. The summed E-state index contributed by atoms with van der Waals surface area (Å²) in [6, 6.07) is 0.951. The number of hydrogen-bond donors (Lipinski definition) is 1. The fourth-order valence-electron chi connectivity index (χ4n) is 2.60. The maximum atomic E-state index is 12.7. The number of alkyl halides is 3. The lowest BCUT2D eigenvalue weighted by molar-refractivity contribution is -0.141. The molecule has 3 heterocycles. The number of carbonyl (C=O) groups is 1. The first-order chi connectivity index (χ1) is 11.3. The monoisotopic (exact) mass is 358 g/mol. The van der Waals surface area contributed by atoms with Crippen LogP contribution >= 0.6 is 11.3 Å². The quantitative estimate of drug-likeness (QED) is 0.909. The van der Waals surface area contributed by atoms with Gasteiger partial charge in [-0.3, -0.25) is 0 Å². The van der Waals surface area contributed by atoms with Gasteiger partial charge in [-0.2, -0.15) is 13.2 Å². The maximum absolute atomic E-state index is 12.7. The van der Waals surface area contributed by atoms with Crippen LogP contribution in [-0.4, -0.2) is 39.1 Å². The van der Waals surface area contributed by atoms with Crippen molar-refractivity contribution >= 4 is 23.1 Å². The summed E-state index contributed by atoms with van der Waals surface area (Å²) >= 11 is 1.30. The Morgan fingerprint density at radius 2 is 2.00 bits per heavy atom. The number of hydrogen-bond acceptors (Lipinski definition) is 6. The molecule has 1 fully saturated rings. The van der Waals surface area contributed by atoms with Crippen LogP contribution in [0.3, 0.4) is 0 Å². The van der Waals surface area contributed by atoms with E-state index in [-0.39, 0.29) is 17.4 Å². The number of carboxylic acids is 1. The summed E-state index contributed by atoms with van der Waals surface area (Å²) in [4.78, 5) is 23.9. The molecule has 3 rings (SSSR count). The largest absolute Gasteiger partial charge is 0.476 e. The number of aromatic carboxylic acids is 1. The second-order valence-electron chi connectivity index (χ2n) is 5.40. The van der Waals surface area contributed by atoms with Gasteiger partial charge in [-0.05, 0) is 12.8 Å². The number of rotatable bonds is 3. The number of halogens is 3. The van der Waals surface area contributed by atoms with E-state index < -0.39 is 17.8 Å². The summed E-state index contributed by atoms with van der Waals surface area (Å²) in [5, 5.41) is 11.2. The first-order valence-electron chi connectivity index (χ1n) is 7.17. The van der Waals surface area contributed by atoms with Crippen LogP contribution in [-0.2, 0) is 6.18 Å². The van der Waals surface area contributed by atoms with Crippen molar-refractivity contribution in [2.75, 3.05) is 18.0 Å². The summed E-state index contributed by atoms with van der Waals surface area (Å²) in [5.41, 5.74) is -0.927. The summed E-state index contributed by atoms with van der Waals surface area (Å²) < 4.78 is 38.2. The lowest BCUT2D eigenvalue weighted by Crippen LogP contribution is -2.33. The van der Waals surface area contributed by atoms with Gasteiger partial charge in [0.05, 0.1) is 5.01 Å². The molecule has 0 saturated carbocycles. The van der Waals surface area contributed by atoms with E-state index in [0.717, 1.165) is 17.4 Å². The molecule has 6 nitrogen and oxygen atoms in total. The van der Waals surface area contributed by atoms with Gasteiger partial charge in [0.25, 0.3) is 0 Å². The number of aromatic nitrogens is 3. The highest BCUT2D eigenvalue weighted by atomic mass is 32.1. The van der Waals surface area contributed by atoms with Crippen molar-refractivity contribution in [3.63, 3.8) is 0 Å². The molecule has 0 aromatic carbocycles. The molecule has 1 N–H and O–H groups in total. The Morgan fingerprint density at radius 3 is 2.58 bits per heavy atom. The number of thiazole rings is 1. The van der Waals surface area contributed by atoms with Crippen molar-refractivity contribution < 1.29 is 23.1 Å². The van der Waals surface area contributed by atoms with Crippen molar-refractivity contribution in [1.29, 1.82) is 0 Å². The molecule has 0 atom stereocenters. The van der Waals surface area contributed by atoms with Crippen LogP contribution in [0.15, 0.2) is 17.8 Å². The molecule has 0 amide bonds. The summed E-state index contributed by atoms with van der Waals surface area (Å²) in [7, 11) is 0. The minimum Gasteiger partial charge on any atom is -0.476 e. The molecule has 1 saturated heterocycles. The fraction of sp³-hybridized carbons (Fsp3) is 0.429. The number of anilines is 1. The van der Waals surface area contributed by atoms with Crippen LogP contribution in [0.4, 0.5) is 19.0 Å². The molecular weight excluding hydrogens is 345 g/mol. The summed E-state index contributed by atoms with van der Waals surface area (Å²) in [6.07, 6.45) is -2.22. The zero-order valence-electron chi connectivity index (χ0n) is 12.3. The van der Waals surface area contributed by atoms with Crippen LogP contribution in [0, 0.1) is 0 Å². The highest BCUT2D eigenvalue weighted by molar-refractivity contribution is 7.09. The molecule has 0 aliphatic carbocycles. The SMILES string of the molecule is O=C(O)c1csc(C2CCN(c3cc(C(F)(F)F)ncn3)CC2)n1. The number of nitrogens with zero attached hydrogens (tertiary/aromatic N) is 4. The van der Waals surface area contributed by atoms with Crippen LogP contribution in [0.2, 0.25) is 0 Å².